The van der Waals surface area contributed by atoms with E-state index in [9.17, 15) is 0 Å². The molecule has 0 saturated carbocycles. The molecular weight excluding hydrogens is 216 g/mol. The molecule has 0 unspecified atom stereocenters. The second-order valence-corrected chi connectivity index (χ2v) is 4.17. The standard InChI is InChI=1S/C18H17/c1-3-8-15(4-2)17-11-13-18(14-12-17)16-9-6-5-7-10-16/h3-7,9-14H,1-2,8H2. The fourth-order valence-electron chi connectivity index (χ4n) is 1.98. The lowest BCUT2D eigenvalue weighted by molar-refractivity contribution is 1.40. The van der Waals surface area contributed by atoms with Gasteiger partial charge in [-0.2, -0.15) is 0 Å². The molecule has 0 fully saturated rings. The molecule has 1 radical (unpaired) electrons. The first-order valence-electron chi connectivity index (χ1n) is 6.10. The van der Waals surface area contributed by atoms with Gasteiger partial charge in [-0.3, -0.25) is 0 Å². The van der Waals surface area contributed by atoms with Crippen LogP contribution in [0.5, 0.6) is 0 Å². The Kier molecular flexibility index (Phi) is 4.14. The van der Waals surface area contributed by atoms with Gasteiger partial charge in [0.25, 0.3) is 0 Å². The van der Waals surface area contributed by atoms with Crippen molar-refractivity contribution in [2.24, 2.45) is 0 Å². The van der Waals surface area contributed by atoms with Crippen LogP contribution in [0.1, 0.15) is 12.0 Å². The van der Waals surface area contributed by atoms with Gasteiger partial charge in [-0.25, -0.2) is 0 Å². The van der Waals surface area contributed by atoms with Gasteiger partial charge in [0.15, 0.2) is 0 Å². The average Bonchev–Trinajstić information content (AvgIpc) is 2.46. The minimum Gasteiger partial charge on any atom is -0.103 e. The number of hydrogen-bond acceptors (Lipinski definition) is 0. The van der Waals surface area contributed by atoms with Gasteiger partial charge in [-0.1, -0.05) is 66.7 Å². The van der Waals surface area contributed by atoms with Crippen molar-refractivity contribution in [1.29, 1.82) is 0 Å². The minimum atomic E-state index is 0.855. The van der Waals surface area contributed by atoms with Crippen molar-refractivity contribution >= 4 is 5.57 Å². The van der Waals surface area contributed by atoms with E-state index in [2.05, 4.69) is 62.0 Å². The summed E-state index contributed by atoms with van der Waals surface area (Å²) in [7, 11) is 0. The maximum Gasteiger partial charge on any atom is -0.00974 e. The van der Waals surface area contributed by atoms with Gasteiger partial charge < -0.3 is 0 Å². The Morgan fingerprint density at radius 2 is 1.50 bits per heavy atom. The lowest BCUT2D eigenvalue weighted by Crippen LogP contribution is -1.84. The molecule has 0 atom stereocenters. The first-order valence-corrected chi connectivity index (χ1v) is 6.10. The number of benzene rings is 2. The van der Waals surface area contributed by atoms with Crippen LogP contribution in [0.15, 0.2) is 73.3 Å². The summed E-state index contributed by atoms with van der Waals surface area (Å²) in [4.78, 5) is 0. The first kappa shape index (κ1) is 12.4. The van der Waals surface area contributed by atoms with Crippen LogP contribution in [-0.2, 0) is 0 Å². The van der Waals surface area contributed by atoms with E-state index in [0.29, 0.717) is 0 Å². The highest BCUT2D eigenvalue weighted by atomic mass is 14.0. The van der Waals surface area contributed by atoms with E-state index in [4.69, 9.17) is 0 Å². The largest absolute Gasteiger partial charge is 0.103 e. The fraction of sp³-hybridized carbons (Fsp3) is 0.0556. The lowest BCUT2D eigenvalue weighted by atomic mass is 9.98. The van der Waals surface area contributed by atoms with Gasteiger partial charge >= 0.3 is 0 Å². The Bertz CT molecular complexity index is 530. The average molecular weight is 233 g/mol. The maximum absolute atomic E-state index is 3.85. The molecule has 0 nitrogen and oxygen atoms in total. The molecule has 0 aliphatic carbocycles. The molecule has 0 saturated heterocycles. The SMILES string of the molecule is [CH2]C=C(CC=C)c1ccc(-c2ccccc2)cc1. The summed E-state index contributed by atoms with van der Waals surface area (Å²) in [6.07, 6.45) is 4.66. The van der Waals surface area contributed by atoms with Crippen molar-refractivity contribution in [1.82, 2.24) is 0 Å². The van der Waals surface area contributed by atoms with Gasteiger partial charge in [0.05, 0.1) is 0 Å². The summed E-state index contributed by atoms with van der Waals surface area (Å²) < 4.78 is 0. The molecule has 0 aliphatic heterocycles. The van der Waals surface area contributed by atoms with Gasteiger partial charge in [-0.05, 0) is 35.6 Å². The molecule has 0 heteroatoms. The van der Waals surface area contributed by atoms with E-state index < -0.39 is 0 Å². The van der Waals surface area contributed by atoms with Gasteiger partial charge in [0.1, 0.15) is 0 Å². The third-order valence-corrected chi connectivity index (χ3v) is 2.97. The van der Waals surface area contributed by atoms with E-state index in [1.807, 2.05) is 18.2 Å². The molecule has 0 aromatic heterocycles. The Balaban J connectivity index is 2.28. The maximum atomic E-state index is 3.85. The zero-order valence-corrected chi connectivity index (χ0v) is 10.5. The normalized spacial score (nSPS) is 11.3. The minimum absolute atomic E-state index is 0.855. The zero-order valence-electron chi connectivity index (χ0n) is 10.5. The molecule has 0 aliphatic rings. The quantitative estimate of drug-likeness (QED) is 0.641. The van der Waals surface area contributed by atoms with Crippen molar-refractivity contribution < 1.29 is 0 Å². The molecule has 18 heavy (non-hydrogen) atoms. The second-order valence-electron chi connectivity index (χ2n) is 4.17. The van der Waals surface area contributed by atoms with Crippen LogP contribution in [0, 0.1) is 6.92 Å². The first-order chi connectivity index (χ1) is 8.85. The molecule has 2 rings (SSSR count). The number of allylic oxidation sites excluding steroid dienone is 3. The second kappa shape index (κ2) is 6.02. The molecule has 2 aromatic carbocycles. The summed E-state index contributed by atoms with van der Waals surface area (Å²) in [5.74, 6) is 0. The Hall–Kier alpha value is -2.08. The summed E-state index contributed by atoms with van der Waals surface area (Å²) in [5, 5.41) is 0. The van der Waals surface area contributed by atoms with Crippen LogP contribution < -0.4 is 0 Å². The van der Waals surface area contributed by atoms with Gasteiger partial charge in [-0.15, -0.1) is 6.58 Å². The van der Waals surface area contributed by atoms with Crippen molar-refractivity contribution in [3.8, 4) is 11.1 Å². The van der Waals surface area contributed by atoms with Crippen LogP contribution in [0.4, 0.5) is 0 Å². The highest BCUT2D eigenvalue weighted by Crippen LogP contribution is 2.23. The Morgan fingerprint density at radius 3 is 2.06 bits per heavy atom. The molecule has 0 amide bonds. The lowest BCUT2D eigenvalue weighted by Gasteiger charge is -2.06. The van der Waals surface area contributed by atoms with Crippen LogP contribution >= 0.6 is 0 Å². The third-order valence-electron chi connectivity index (χ3n) is 2.97. The summed E-state index contributed by atoms with van der Waals surface area (Å²) in [6, 6.07) is 19.0. The third kappa shape index (κ3) is 2.78. The predicted octanol–water partition coefficient (Wildman–Crippen LogP) is 5.15. The fourth-order valence-corrected chi connectivity index (χ4v) is 1.98. The topological polar surface area (TPSA) is 0 Å². The van der Waals surface area contributed by atoms with Crippen LogP contribution in [0.2, 0.25) is 0 Å². The van der Waals surface area contributed by atoms with Crippen LogP contribution in [0.25, 0.3) is 16.7 Å². The van der Waals surface area contributed by atoms with Crippen molar-refractivity contribution in [3.05, 3.63) is 85.8 Å². The zero-order chi connectivity index (χ0) is 12.8. The molecule has 0 N–H and O–H groups in total. The van der Waals surface area contributed by atoms with Crippen molar-refractivity contribution in [2.75, 3.05) is 0 Å². The van der Waals surface area contributed by atoms with Crippen LogP contribution in [-0.4, -0.2) is 0 Å². The molecule has 89 valence electrons. The monoisotopic (exact) mass is 233 g/mol. The van der Waals surface area contributed by atoms with E-state index >= 15 is 0 Å². The van der Waals surface area contributed by atoms with E-state index in [-0.39, 0.29) is 0 Å². The molecule has 0 heterocycles. The Labute approximate surface area is 109 Å². The highest BCUT2D eigenvalue weighted by molar-refractivity contribution is 5.71. The molecular formula is C18H17. The molecule has 2 aromatic rings. The van der Waals surface area contributed by atoms with E-state index in [1.165, 1.54) is 22.3 Å². The van der Waals surface area contributed by atoms with Crippen molar-refractivity contribution in [2.45, 2.75) is 6.42 Å². The van der Waals surface area contributed by atoms with Gasteiger partial charge in [0, 0.05) is 0 Å². The number of rotatable bonds is 4. The number of hydrogen-bond donors (Lipinski definition) is 0. The molecule has 0 spiro atoms. The van der Waals surface area contributed by atoms with Crippen molar-refractivity contribution in [3.63, 3.8) is 0 Å². The smallest absolute Gasteiger partial charge is 0.00974 e. The van der Waals surface area contributed by atoms with E-state index in [1.54, 1.807) is 0 Å². The van der Waals surface area contributed by atoms with Gasteiger partial charge in [0.2, 0.25) is 0 Å². The van der Waals surface area contributed by atoms with E-state index in [0.717, 1.165) is 6.42 Å². The summed E-state index contributed by atoms with van der Waals surface area (Å²) >= 11 is 0. The molecule has 0 bridgehead atoms. The summed E-state index contributed by atoms with van der Waals surface area (Å²) in [5.41, 5.74) is 4.91. The highest BCUT2D eigenvalue weighted by Gasteiger charge is 2.00. The predicted molar refractivity (Wildman–Crippen MR) is 80.0 cm³/mol. The van der Waals surface area contributed by atoms with Crippen LogP contribution in [0.3, 0.4) is 0 Å². The summed E-state index contributed by atoms with van der Waals surface area (Å²) in [6.45, 7) is 7.62. The Morgan fingerprint density at radius 1 is 0.889 bits per heavy atom.